The standard InChI is InChI=1S/C25H29N5O2/c1-3-5-15-30-23-22(24(31)28-25(30)32)29(4-2)21(27-23)17-26-20-14-10-9-13-19(20)16-18-11-7-6-8-12-18/h6-14,26H,3-5,15-17H2,1-2H3,(H,28,31,32). The fourth-order valence-corrected chi connectivity index (χ4v) is 4.05. The summed E-state index contributed by atoms with van der Waals surface area (Å²) < 4.78 is 3.47. The topological polar surface area (TPSA) is 84.7 Å². The number of hydrogen-bond acceptors (Lipinski definition) is 4. The molecular weight excluding hydrogens is 402 g/mol. The number of fused-ring (bicyclic) bond motifs is 1. The average Bonchev–Trinajstić information content (AvgIpc) is 3.18. The van der Waals surface area contributed by atoms with Crippen molar-refractivity contribution in [2.24, 2.45) is 0 Å². The van der Waals surface area contributed by atoms with E-state index < -0.39 is 5.69 Å². The summed E-state index contributed by atoms with van der Waals surface area (Å²) in [7, 11) is 0. The fraction of sp³-hybridized carbons (Fsp3) is 0.320. The Balaban J connectivity index is 1.67. The van der Waals surface area contributed by atoms with Gasteiger partial charge >= 0.3 is 5.69 Å². The van der Waals surface area contributed by atoms with E-state index in [1.54, 1.807) is 4.57 Å². The lowest BCUT2D eigenvalue weighted by atomic mass is 10.0. The highest BCUT2D eigenvalue weighted by molar-refractivity contribution is 5.71. The molecule has 0 unspecified atom stereocenters. The second kappa shape index (κ2) is 9.68. The molecular formula is C25H29N5O2. The van der Waals surface area contributed by atoms with Gasteiger partial charge in [0.2, 0.25) is 0 Å². The zero-order valence-electron chi connectivity index (χ0n) is 18.6. The minimum atomic E-state index is -0.399. The summed E-state index contributed by atoms with van der Waals surface area (Å²) in [6, 6.07) is 18.6. The molecule has 0 bridgehead atoms. The number of aromatic nitrogens is 4. The van der Waals surface area contributed by atoms with Gasteiger partial charge in [0.1, 0.15) is 5.82 Å². The van der Waals surface area contributed by atoms with Crippen molar-refractivity contribution in [3.05, 3.63) is 92.4 Å². The predicted molar refractivity (Wildman–Crippen MR) is 128 cm³/mol. The van der Waals surface area contributed by atoms with Crippen LogP contribution in [0.1, 0.15) is 43.6 Å². The lowest BCUT2D eigenvalue weighted by Gasteiger charge is -2.13. The smallest absolute Gasteiger partial charge is 0.330 e. The Morgan fingerprint density at radius 1 is 0.969 bits per heavy atom. The minimum Gasteiger partial charge on any atom is -0.378 e. The quantitative estimate of drug-likeness (QED) is 0.421. The Bertz CT molecular complexity index is 1320. The van der Waals surface area contributed by atoms with Crippen LogP contribution in [0.2, 0.25) is 0 Å². The van der Waals surface area contributed by atoms with Crippen molar-refractivity contribution in [2.75, 3.05) is 5.32 Å². The molecule has 0 spiro atoms. The number of aromatic amines is 1. The fourth-order valence-electron chi connectivity index (χ4n) is 4.05. The monoisotopic (exact) mass is 431 g/mol. The SMILES string of the molecule is CCCCn1c(=O)[nH]c(=O)c2c1nc(CNc1ccccc1Cc1ccccc1)n2CC. The third-order valence-electron chi connectivity index (χ3n) is 5.71. The van der Waals surface area contributed by atoms with E-state index >= 15 is 0 Å². The van der Waals surface area contributed by atoms with Crippen LogP contribution in [0.3, 0.4) is 0 Å². The van der Waals surface area contributed by atoms with Gasteiger partial charge in [0.15, 0.2) is 11.2 Å². The number of anilines is 1. The molecule has 0 saturated carbocycles. The van der Waals surface area contributed by atoms with Gasteiger partial charge in [0, 0.05) is 18.8 Å². The van der Waals surface area contributed by atoms with Crippen molar-refractivity contribution < 1.29 is 0 Å². The number of benzene rings is 2. The summed E-state index contributed by atoms with van der Waals surface area (Å²) >= 11 is 0. The van der Waals surface area contributed by atoms with Gasteiger partial charge in [0.25, 0.3) is 5.56 Å². The first-order chi connectivity index (χ1) is 15.6. The first kappa shape index (κ1) is 21.6. The van der Waals surface area contributed by atoms with Crippen LogP contribution in [-0.4, -0.2) is 19.1 Å². The van der Waals surface area contributed by atoms with E-state index in [1.807, 2.05) is 41.8 Å². The Morgan fingerprint density at radius 3 is 2.47 bits per heavy atom. The largest absolute Gasteiger partial charge is 0.378 e. The molecule has 4 rings (SSSR count). The van der Waals surface area contributed by atoms with Crippen molar-refractivity contribution in [3.8, 4) is 0 Å². The molecule has 32 heavy (non-hydrogen) atoms. The van der Waals surface area contributed by atoms with E-state index in [0.717, 1.165) is 30.8 Å². The highest BCUT2D eigenvalue weighted by atomic mass is 16.2. The molecule has 0 fully saturated rings. The number of para-hydroxylation sites is 1. The van der Waals surface area contributed by atoms with Crippen molar-refractivity contribution in [3.63, 3.8) is 0 Å². The van der Waals surface area contributed by atoms with Gasteiger partial charge in [-0.15, -0.1) is 0 Å². The summed E-state index contributed by atoms with van der Waals surface area (Å²) in [6.07, 6.45) is 2.62. The Hall–Kier alpha value is -3.61. The number of nitrogens with one attached hydrogen (secondary N) is 2. The zero-order chi connectivity index (χ0) is 22.5. The van der Waals surface area contributed by atoms with Crippen LogP contribution in [0.15, 0.2) is 64.2 Å². The predicted octanol–water partition coefficient (Wildman–Crippen LogP) is 3.91. The summed E-state index contributed by atoms with van der Waals surface area (Å²) in [5.41, 5.74) is 3.60. The molecule has 7 heteroatoms. The van der Waals surface area contributed by atoms with Crippen LogP contribution < -0.4 is 16.6 Å². The van der Waals surface area contributed by atoms with E-state index in [4.69, 9.17) is 4.98 Å². The van der Waals surface area contributed by atoms with E-state index in [1.165, 1.54) is 11.1 Å². The number of rotatable bonds is 9. The first-order valence-corrected chi connectivity index (χ1v) is 11.2. The average molecular weight is 432 g/mol. The van der Waals surface area contributed by atoms with Gasteiger partial charge in [0.05, 0.1) is 6.54 Å². The molecule has 2 aromatic heterocycles. The van der Waals surface area contributed by atoms with Crippen LogP contribution in [0.4, 0.5) is 5.69 Å². The second-order valence-corrected chi connectivity index (χ2v) is 7.88. The number of unbranched alkanes of at least 4 members (excludes halogenated alkanes) is 1. The molecule has 0 aliphatic rings. The zero-order valence-corrected chi connectivity index (χ0v) is 18.6. The molecule has 0 amide bonds. The first-order valence-electron chi connectivity index (χ1n) is 11.2. The third kappa shape index (κ3) is 4.37. The molecule has 2 heterocycles. The number of H-pyrrole nitrogens is 1. The van der Waals surface area contributed by atoms with Gasteiger partial charge in [-0.1, -0.05) is 61.9 Å². The molecule has 4 aromatic rings. The summed E-state index contributed by atoms with van der Waals surface area (Å²) in [5.74, 6) is 0.735. The maximum absolute atomic E-state index is 12.6. The number of nitrogens with zero attached hydrogens (tertiary/aromatic N) is 3. The summed E-state index contributed by atoms with van der Waals surface area (Å²) in [4.78, 5) is 32.2. The lowest BCUT2D eigenvalue weighted by Crippen LogP contribution is -2.31. The van der Waals surface area contributed by atoms with Crippen LogP contribution in [0.25, 0.3) is 11.2 Å². The Labute approximate surface area is 186 Å². The van der Waals surface area contributed by atoms with Crippen molar-refractivity contribution in [1.29, 1.82) is 0 Å². The molecule has 2 aromatic carbocycles. The van der Waals surface area contributed by atoms with E-state index in [-0.39, 0.29) is 5.56 Å². The molecule has 0 radical (unpaired) electrons. The molecule has 0 aliphatic heterocycles. The summed E-state index contributed by atoms with van der Waals surface area (Å²) in [5, 5.41) is 3.50. The van der Waals surface area contributed by atoms with Gasteiger partial charge in [-0.05, 0) is 37.0 Å². The van der Waals surface area contributed by atoms with Crippen LogP contribution >= 0.6 is 0 Å². The van der Waals surface area contributed by atoms with Gasteiger partial charge in [-0.25, -0.2) is 9.78 Å². The molecule has 0 saturated heterocycles. The van der Waals surface area contributed by atoms with Gasteiger partial charge < -0.3 is 9.88 Å². The molecule has 2 N–H and O–H groups in total. The van der Waals surface area contributed by atoms with E-state index in [9.17, 15) is 9.59 Å². The van der Waals surface area contributed by atoms with Crippen LogP contribution in [0, 0.1) is 0 Å². The maximum Gasteiger partial charge on any atom is 0.330 e. The number of hydrogen-bond donors (Lipinski definition) is 2. The van der Waals surface area contributed by atoms with Crippen molar-refractivity contribution in [1.82, 2.24) is 19.1 Å². The Kier molecular flexibility index (Phi) is 6.54. The highest BCUT2D eigenvalue weighted by Gasteiger charge is 2.17. The lowest BCUT2D eigenvalue weighted by molar-refractivity contribution is 0.613. The number of imidazole rings is 1. The second-order valence-electron chi connectivity index (χ2n) is 7.88. The van der Waals surface area contributed by atoms with Gasteiger partial charge in [-0.3, -0.25) is 14.3 Å². The summed E-state index contributed by atoms with van der Waals surface area (Å²) in [6.45, 7) is 5.63. The van der Waals surface area contributed by atoms with Crippen molar-refractivity contribution in [2.45, 2.75) is 52.7 Å². The van der Waals surface area contributed by atoms with E-state index in [2.05, 4.69) is 41.5 Å². The molecule has 7 nitrogen and oxygen atoms in total. The minimum absolute atomic E-state index is 0.386. The van der Waals surface area contributed by atoms with Crippen LogP contribution in [-0.2, 0) is 26.1 Å². The third-order valence-corrected chi connectivity index (χ3v) is 5.71. The molecule has 0 atom stereocenters. The number of aryl methyl sites for hydroxylation is 2. The highest BCUT2D eigenvalue weighted by Crippen LogP contribution is 2.21. The van der Waals surface area contributed by atoms with Crippen LogP contribution in [0.5, 0.6) is 0 Å². The van der Waals surface area contributed by atoms with Gasteiger partial charge in [-0.2, -0.15) is 0 Å². The molecule has 0 aliphatic carbocycles. The van der Waals surface area contributed by atoms with E-state index in [0.29, 0.717) is 30.8 Å². The van der Waals surface area contributed by atoms with Crippen molar-refractivity contribution >= 4 is 16.9 Å². The maximum atomic E-state index is 12.6. The Morgan fingerprint density at radius 2 is 1.72 bits per heavy atom. The normalized spacial score (nSPS) is 11.2. The molecule has 166 valence electrons.